The van der Waals surface area contributed by atoms with Crippen LogP contribution in [0.1, 0.15) is 26.3 Å². The van der Waals surface area contributed by atoms with Crippen molar-refractivity contribution in [1.29, 1.82) is 0 Å². The number of hydrogen-bond donors (Lipinski definition) is 1. The lowest BCUT2D eigenvalue weighted by Crippen LogP contribution is -2.27. The summed E-state index contributed by atoms with van der Waals surface area (Å²) in [6.07, 6.45) is -0.495. The molecule has 0 bridgehead atoms. The third kappa shape index (κ3) is 3.37. The summed E-state index contributed by atoms with van der Waals surface area (Å²) in [6, 6.07) is 20.1. The molecule has 4 aromatic rings. The highest BCUT2D eigenvalue weighted by atomic mass is 16.6. The van der Waals surface area contributed by atoms with Crippen molar-refractivity contribution in [2.45, 2.75) is 32.9 Å². The second-order valence-electron chi connectivity index (χ2n) is 7.86. The monoisotopic (exact) mass is 373 g/mol. The average molecular weight is 373 g/mol. The maximum atomic E-state index is 12.7. The van der Waals surface area contributed by atoms with Crippen molar-refractivity contribution in [3.8, 4) is 11.3 Å². The number of hydrogen-bond acceptors (Lipinski definition) is 4. The summed E-state index contributed by atoms with van der Waals surface area (Å²) in [5.41, 5.74) is 8.60. The van der Waals surface area contributed by atoms with E-state index in [2.05, 4.69) is 29.4 Å². The van der Waals surface area contributed by atoms with Crippen LogP contribution in [0.3, 0.4) is 0 Å². The lowest BCUT2D eigenvalue weighted by atomic mass is 10.0. The van der Waals surface area contributed by atoms with Crippen LogP contribution in [0.4, 0.5) is 4.79 Å². The van der Waals surface area contributed by atoms with Gasteiger partial charge in [0.15, 0.2) is 0 Å². The van der Waals surface area contributed by atoms with Gasteiger partial charge in [0.2, 0.25) is 0 Å². The van der Waals surface area contributed by atoms with Gasteiger partial charge in [0.25, 0.3) is 0 Å². The summed E-state index contributed by atoms with van der Waals surface area (Å²) in [7, 11) is 0. The molecule has 0 saturated carbocycles. The molecule has 0 radical (unpaired) electrons. The van der Waals surface area contributed by atoms with E-state index in [9.17, 15) is 4.79 Å². The van der Waals surface area contributed by atoms with E-state index in [4.69, 9.17) is 10.5 Å². The van der Waals surface area contributed by atoms with Crippen LogP contribution in [0.2, 0.25) is 0 Å². The molecular weight excluding hydrogens is 350 g/mol. The molecule has 142 valence electrons. The van der Waals surface area contributed by atoms with Crippen molar-refractivity contribution in [3.63, 3.8) is 0 Å². The lowest BCUT2D eigenvalue weighted by Gasteiger charge is -2.19. The van der Waals surface area contributed by atoms with E-state index in [1.165, 1.54) is 4.68 Å². The van der Waals surface area contributed by atoms with E-state index >= 15 is 0 Å². The van der Waals surface area contributed by atoms with Crippen molar-refractivity contribution >= 4 is 27.8 Å². The molecule has 3 aromatic carbocycles. The van der Waals surface area contributed by atoms with Gasteiger partial charge in [-0.05, 0) is 55.3 Å². The van der Waals surface area contributed by atoms with Crippen molar-refractivity contribution in [3.05, 3.63) is 66.2 Å². The van der Waals surface area contributed by atoms with Crippen molar-refractivity contribution in [2.24, 2.45) is 5.73 Å². The molecule has 0 unspecified atom stereocenters. The van der Waals surface area contributed by atoms with Gasteiger partial charge in [0, 0.05) is 17.5 Å². The number of aromatic nitrogens is 2. The Balaban J connectivity index is 1.92. The fourth-order valence-electron chi connectivity index (χ4n) is 3.29. The highest BCUT2D eigenvalue weighted by Crippen LogP contribution is 2.31. The number of ether oxygens (including phenoxy) is 1. The highest BCUT2D eigenvalue weighted by Gasteiger charge is 2.23. The molecule has 4 rings (SSSR count). The summed E-state index contributed by atoms with van der Waals surface area (Å²) in [5.74, 6) is 0. The summed E-state index contributed by atoms with van der Waals surface area (Å²) < 4.78 is 6.88. The fraction of sp³-hybridized carbons (Fsp3) is 0.217. The fourth-order valence-corrected chi connectivity index (χ4v) is 3.29. The first-order chi connectivity index (χ1) is 13.4. The second-order valence-corrected chi connectivity index (χ2v) is 7.86. The topological polar surface area (TPSA) is 70.1 Å². The molecule has 0 spiro atoms. The molecule has 28 heavy (non-hydrogen) atoms. The molecule has 0 atom stereocenters. The third-order valence-corrected chi connectivity index (χ3v) is 4.57. The third-order valence-electron chi connectivity index (χ3n) is 4.57. The van der Waals surface area contributed by atoms with E-state index in [1.807, 2.05) is 57.2 Å². The molecule has 5 heteroatoms. The van der Waals surface area contributed by atoms with E-state index in [0.29, 0.717) is 12.1 Å². The van der Waals surface area contributed by atoms with Crippen LogP contribution in [0.15, 0.2) is 60.7 Å². The number of nitrogens with two attached hydrogens (primary N) is 1. The molecule has 2 N–H and O–H groups in total. The lowest BCUT2D eigenvalue weighted by molar-refractivity contribution is 0.0523. The van der Waals surface area contributed by atoms with Gasteiger partial charge in [-0.2, -0.15) is 9.78 Å². The summed E-state index contributed by atoms with van der Waals surface area (Å²) in [6.45, 7) is 5.94. The smallest absolute Gasteiger partial charge is 0.435 e. The zero-order valence-electron chi connectivity index (χ0n) is 16.3. The molecule has 0 aliphatic rings. The summed E-state index contributed by atoms with van der Waals surface area (Å²) >= 11 is 0. The number of rotatable bonds is 2. The van der Waals surface area contributed by atoms with Gasteiger partial charge >= 0.3 is 6.09 Å². The zero-order chi connectivity index (χ0) is 19.9. The molecule has 5 nitrogen and oxygen atoms in total. The number of fused-ring (bicyclic) bond motifs is 2. The van der Waals surface area contributed by atoms with Gasteiger partial charge in [0.1, 0.15) is 11.3 Å². The number of carbonyl (C=O) groups is 1. The minimum absolute atomic E-state index is 0.421. The van der Waals surface area contributed by atoms with Crippen LogP contribution in [0, 0.1) is 0 Å². The molecule has 0 aliphatic carbocycles. The number of carbonyl (C=O) groups excluding carboxylic acids is 1. The minimum Gasteiger partial charge on any atom is -0.442 e. The maximum Gasteiger partial charge on any atom is 0.435 e. The van der Waals surface area contributed by atoms with Gasteiger partial charge in [-0.3, -0.25) is 0 Å². The van der Waals surface area contributed by atoms with Crippen LogP contribution >= 0.6 is 0 Å². The predicted octanol–water partition coefficient (Wildman–Crippen LogP) is 5.10. The van der Waals surface area contributed by atoms with Crippen molar-refractivity contribution in [1.82, 2.24) is 9.78 Å². The summed E-state index contributed by atoms with van der Waals surface area (Å²) in [4.78, 5) is 12.7. The highest BCUT2D eigenvalue weighted by molar-refractivity contribution is 5.99. The molecular formula is C23H23N3O2. The molecule has 0 saturated heterocycles. The molecule has 0 fully saturated rings. The minimum atomic E-state index is -0.602. The van der Waals surface area contributed by atoms with Crippen molar-refractivity contribution in [2.75, 3.05) is 0 Å². The Morgan fingerprint density at radius 1 is 1.04 bits per heavy atom. The number of nitrogens with zero attached hydrogens (tertiary/aromatic N) is 2. The number of benzene rings is 3. The first kappa shape index (κ1) is 18.2. The van der Waals surface area contributed by atoms with Crippen LogP contribution < -0.4 is 5.73 Å². The Morgan fingerprint density at radius 2 is 1.79 bits per heavy atom. The van der Waals surface area contributed by atoms with Crippen LogP contribution in [-0.4, -0.2) is 21.5 Å². The first-order valence-electron chi connectivity index (χ1n) is 9.30. The van der Waals surface area contributed by atoms with Gasteiger partial charge in [-0.25, -0.2) is 4.79 Å². The Hall–Kier alpha value is -3.18. The van der Waals surface area contributed by atoms with Gasteiger partial charge < -0.3 is 10.5 Å². The molecule has 1 aromatic heterocycles. The van der Waals surface area contributed by atoms with Gasteiger partial charge in [-0.1, -0.05) is 42.5 Å². The van der Waals surface area contributed by atoms with Gasteiger partial charge in [0.05, 0.1) is 5.52 Å². The molecule has 0 aliphatic heterocycles. The second kappa shape index (κ2) is 6.77. The van der Waals surface area contributed by atoms with E-state index in [-0.39, 0.29) is 0 Å². The SMILES string of the molecule is CC(C)(C)OC(=O)n1nc(-c2ccc3ccccc3c2)c2cc(CN)ccc21. The van der Waals surface area contributed by atoms with Gasteiger partial charge in [-0.15, -0.1) is 0 Å². The quantitative estimate of drug-likeness (QED) is 0.531. The van der Waals surface area contributed by atoms with Crippen LogP contribution in [0.5, 0.6) is 0 Å². The first-order valence-corrected chi connectivity index (χ1v) is 9.30. The standard InChI is InChI=1S/C23H23N3O2/c1-23(2,3)28-22(27)26-20-11-8-15(14-24)12-19(20)21(25-26)18-10-9-16-6-4-5-7-17(16)13-18/h4-13H,14,24H2,1-3H3. The Bertz CT molecular complexity index is 1190. The largest absolute Gasteiger partial charge is 0.442 e. The Labute approximate surface area is 163 Å². The normalized spacial score (nSPS) is 11.9. The van der Waals surface area contributed by atoms with E-state index in [0.717, 1.165) is 33.0 Å². The predicted molar refractivity (Wildman–Crippen MR) is 112 cm³/mol. The maximum absolute atomic E-state index is 12.7. The Morgan fingerprint density at radius 3 is 2.50 bits per heavy atom. The van der Waals surface area contributed by atoms with Crippen LogP contribution in [0.25, 0.3) is 32.9 Å². The molecule has 1 heterocycles. The molecule has 0 amide bonds. The average Bonchev–Trinajstić information content (AvgIpc) is 3.05. The van der Waals surface area contributed by atoms with Crippen molar-refractivity contribution < 1.29 is 9.53 Å². The van der Waals surface area contributed by atoms with E-state index < -0.39 is 11.7 Å². The van der Waals surface area contributed by atoms with Crippen LogP contribution in [-0.2, 0) is 11.3 Å². The zero-order valence-corrected chi connectivity index (χ0v) is 16.3. The van der Waals surface area contributed by atoms with E-state index in [1.54, 1.807) is 0 Å². The summed E-state index contributed by atoms with van der Waals surface area (Å²) in [5, 5.41) is 7.78. The Kier molecular flexibility index (Phi) is 4.40.